The van der Waals surface area contributed by atoms with Crippen LogP contribution in [0.2, 0.25) is 0 Å². The minimum atomic E-state index is -0.399. The molecule has 19 heavy (non-hydrogen) atoms. The highest BCUT2D eigenvalue weighted by molar-refractivity contribution is 5.24. The fourth-order valence-corrected chi connectivity index (χ4v) is 2.56. The maximum atomic E-state index is 12.7. The third kappa shape index (κ3) is 4.74. The van der Waals surface area contributed by atoms with Crippen molar-refractivity contribution in [2.75, 3.05) is 5.32 Å². The molecule has 0 atom stereocenters. The van der Waals surface area contributed by atoms with E-state index in [-0.39, 0.29) is 5.54 Å². The van der Waals surface area contributed by atoms with Crippen LogP contribution in [0.3, 0.4) is 0 Å². The average Bonchev–Trinajstić information content (AvgIpc) is 2.33. The van der Waals surface area contributed by atoms with E-state index >= 15 is 0 Å². The van der Waals surface area contributed by atoms with E-state index in [4.69, 9.17) is 0 Å². The van der Waals surface area contributed by atoms with E-state index in [1.165, 1.54) is 12.4 Å². The molecule has 2 N–H and O–H groups in total. The van der Waals surface area contributed by atoms with Crippen LogP contribution in [0.1, 0.15) is 46.5 Å². The number of rotatable bonds is 3. The van der Waals surface area contributed by atoms with Gasteiger partial charge in [-0.2, -0.15) is 0 Å². The molecular formula is C14H23FN4. The van der Waals surface area contributed by atoms with Crippen molar-refractivity contribution in [3.63, 3.8) is 0 Å². The molecule has 1 fully saturated rings. The number of nitrogens with zero attached hydrogens (tertiary/aromatic N) is 2. The number of hydrogen-bond acceptors (Lipinski definition) is 4. The van der Waals surface area contributed by atoms with Gasteiger partial charge in [0.1, 0.15) is 0 Å². The predicted octanol–water partition coefficient (Wildman–Crippen LogP) is 2.73. The zero-order valence-corrected chi connectivity index (χ0v) is 11.9. The van der Waals surface area contributed by atoms with Crippen LogP contribution < -0.4 is 10.6 Å². The predicted molar refractivity (Wildman–Crippen MR) is 74.5 cm³/mol. The summed E-state index contributed by atoms with van der Waals surface area (Å²) in [5.74, 6) is 0.122. The summed E-state index contributed by atoms with van der Waals surface area (Å²) in [4.78, 5) is 7.88. The molecule has 1 heterocycles. The summed E-state index contributed by atoms with van der Waals surface area (Å²) in [7, 11) is 0. The molecule has 1 aliphatic rings. The zero-order chi connectivity index (χ0) is 13.9. The SMILES string of the molecule is CC(C)(C)N[C@H]1CC[C@@H](Nc2ncc(F)cn2)CC1. The summed E-state index contributed by atoms with van der Waals surface area (Å²) in [6.07, 6.45) is 6.87. The van der Waals surface area contributed by atoms with Gasteiger partial charge in [0.15, 0.2) is 5.82 Å². The maximum absolute atomic E-state index is 12.7. The molecule has 5 heteroatoms. The maximum Gasteiger partial charge on any atom is 0.222 e. The van der Waals surface area contributed by atoms with Crippen molar-refractivity contribution in [1.29, 1.82) is 0 Å². The van der Waals surface area contributed by atoms with Crippen molar-refractivity contribution in [2.45, 2.75) is 64.1 Å². The molecule has 1 aromatic heterocycles. The number of anilines is 1. The topological polar surface area (TPSA) is 49.8 Å². The first-order chi connectivity index (χ1) is 8.92. The molecule has 1 aromatic rings. The Morgan fingerprint density at radius 3 is 2.11 bits per heavy atom. The molecular weight excluding hydrogens is 243 g/mol. The van der Waals surface area contributed by atoms with Gasteiger partial charge >= 0.3 is 0 Å². The van der Waals surface area contributed by atoms with Crippen molar-refractivity contribution in [2.24, 2.45) is 0 Å². The van der Waals surface area contributed by atoms with Crippen LogP contribution in [-0.4, -0.2) is 27.6 Å². The number of nitrogens with one attached hydrogen (secondary N) is 2. The van der Waals surface area contributed by atoms with E-state index in [0.717, 1.165) is 25.7 Å². The van der Waals surface area contributed by atoms with Gasteiger partial charge in [0, 0.05) is 17.6 Å². The van der Waals surface area contributed by atoms with Gasteiger partial charge < -0.3 is 10.6 Å². The quantitative estimate of drug-likeness (QED) is 0.883. The van der Waals surface area contributed by atoms with Gasteiger partial charge in [-0.05, 0) is 46.5 Å². The second-order valence-electron chi connectivity index (χ2n) is 6.31. The van der Waals surface area contributed by atoms with Crippen LogP contribution in [-0.2, 0) is 0 Å². The van der Waals surface area contributed by atoms with Crippen LogP contribution in [0.4, 0.5) is 10.3 Å². The third-order valence-corrected chi connectivity index (χ3v) is 3.32. The van der Waals surface area contributed by atoms with Gasteiger partial charge in [0.05, 0.1) is 12.4 Å². The summed E-state index contributed by atoms with van der Waals surface area (Å²) < 4.78 is 12.7. The molecule has 106 valence electrons. The normalized spacial score (nSPS) is 24.2. The molecule has 0 unspecified atom stereocenters. The van der Waals surface area contributed by atoms with Crippen LogP contribution in [0.15, 0.2) is 12.4 Å². The van der Waals surface area contributed by atoms with Gasteiger partial charge in [-0.25, -0.2) is 14.4 Å². The lowest BCUT2D eigenvalue weighted by molar-refractivity contribution is 0.286. The Labute approximate surface area is 114 Å². The fraction of sp³-hybridized carbons (Fsp3) is 0.714. The van der Waals surface area contributed by atoms with Crippen molar-refractivity contribution in [3.05, 3.63) is 18.2 Å². The Hall–Kier alpha value is -1.23. The van der Waals surface area contributed by atoms with Gasteiger partial charge in [-0.15, -0.1) is 0 Å². The van der Waals surface area contributed by atoms with Crippen molar-refractivity contribution in [1.82, 2.24) is 15.3 Å². The molecule has 0 bridgehead atoms. The lowest BCUT2D eigenvalue weighted by atomic mass is 9.89. The Morgan fingerprint density at radius 1 is 1.05 bits per heavy atom. The summed E-state index contributed by atoms with van der Waals surface area (Å²) in [6, 6.07) is 0.982. The zero-order valence-electron chi connectivity index (χ0n) is 11.9. The molecule has 0 aromatic carbocycles. The minimum absolute atomic E-state index is 0.172. The molecule has 1 saturated carbocycles. The average molecular weight is 266 g/mol. The smallest absolute Gasteiger partial charge is 0.222 e. The van der Waals surface area contributed by atoms with Gasteiger partial charge in [0.25, 0.3) is 0 Å². The molecule has 1 aliphatic carbocycles. The van der Waals surface area contributed by atoms with Crippen LogP contribution in [0, 0.1) is 5.82 Å². The van der Waals surface area contributed by atoms with Gasteiger partial charge in [-0.1, -0.05) is 0 Å². The van der Waals surface area contributed by atoms with Crippen molar-refractivity contribution in [3.8, 4) is 0 Å². The first-order valence-corrected chi connectivity index (χ1v) is 6.94. The Bertz CT molecular complexity index is 391. The highest BCUT2D eigenvalue weighted by atomic mass is 19.1. The molecule has 0 saturated heterocycles. The van der Waals surface area contributed by atoms with E-state index in [1.54, 1.807) is 0 Å². The highest BCUT2D eigenvalue weighted by Crippen LogP contribution is 2.22. The summed E-state index contributed by atoms with van der Waals surface area (Å²) in [5.41, 5.74) is 0.172. The van der Waals surface area contributed by atoms with Gasteiger partial charge in [0.2, 0.25) is 5.95 Å². The first-order valence-electron chi connectivity index (χ1n) is 6.94. The molecule has 0 amide bonds. The lowest BCUT2D eigenvalue weighted by Crippen LogP contribution is -2.46. The summed E-state index contributed by atoms with van der Waals surface area (Å²) in [6.45, 7) is 6.59. The fourth-order valence-electron chi connectivity index (χ4n) is 2.56. The van der Waals surface area contributed by atoms with E-state index in [1.807, 2.05) is 0 Å². The second-order valence-corrected chi connectivity index (χ2v) is 6.31. The number of aromatic nitrogens is 2. The Kier molecular flexibility index (Phi) is 4.34. The lowest BCUT2D eigenvalue weighted by Gasteiger charge is -2.34. The van der Waals surface area contributed by atoms with E-state index in [9.17, 15) is 4.39 Å². The molecule has 0 radical (unpaired) electrons. The minimum Gasteiger partial charge on any atom is -0.351 e. The largest absolute Gasteiger partial charge is 0.351 e. The summed E-state index contributed by atoms with van der Waals surface area (Å²) in [5, 5.41) is 6.92. The molecule has 0 aliphatic heterocycles. The molecule has 4 nitrogen and oxygen atoms in total. The molecule has 0 spiro atoms. The van der Waals surface area contributed by atoms with Gasteiger partial charge in [-0.3, -0.25) is 0 Å². The van der Waals surface area contributed by atoms with Crippen LogP contribution >= 0.6 is 0 Å². The van der Waals surface area contributed by atoms with Crippen molar-refractivity contribution >= 4 is 5.95 Å². The monoisotopic (exact) mass is 266 g/mol. The summed E-state index contributed by atoms with van der Waals surface area (Å²) >= 11 is 0. The number of hydrogen-bond donors (Lipinski definition) is 2. The first kappa shape index (κ1) is 14.2. The Morgan fingerprint density at radius 2 is 1.58 bits per heavy atom. The second kappa shape index (κ2) is 5.82. The molecule has 2 rings (SSSR count). The number of halogens is 1. The van der Waals surface area contributed by atoms with Crippen LogP contribution in [0.25, 0.3) is 0 Å². The van der Waals surface area contributed by atoms with E-state index in [0.29, 0.717) is 18.0 Å². The third-order valence-electron chi connectivity index (χ3n) is 3.32. The van der Waals surface area contributed by atoms with E-state index < -0.39 is 5.82 Å². The Balaban J connectivity index is 1.79. The van der Waals surface area contributed by atoms with Crippen molar-refractivity contribution < 1.29 is 4.39 Å². The van der Waals surface area contributed by atoms with Crippen LogP contribution in [0.5, 0.6) is 0 Å². The van der Waals surface area contributed by atoms with E-state index in [2.05, 4.69) is 41.4 Å². The highest BCUT2D eigenvalue weighted by Gasteiger charge is 2.24. The standard InChI is InChI=1S/C14H23FN4/c1-14(2,3)19-12-6-4-11(5-7-12)18-13-16-8-10(15)9-17-13/h8-9,11-12,19H,4-7H2,1-3H3,(H,16,17,18)/t11-,12+.